The standard InChI is InChI=1S/C14H18Cl3NO/c1-18(8-4-2-3-7-15)14(19)10-11-5-6-12(16)13(17)9-11/h5-6,9H,2-4,7-8,10H2,1H3. The molecular formula is C14H18Cl3NO. The number of likely N-dealkylation sites (N-methyl/N-ethyl adjacent to an activating group) is 1. The molecule has 0 aliphatic heterocycles. The maximum absolute atomic E-state index is 12.0. The van der Waals surface area contributed by atoms with Crippen LogP contribution in [-0.4, -0.2) is 30.3 Å². The van der Waals surface area contributed by atoms with Crippen molar-refractivity contribution >= 4 is 40.7 Å². The lowest BCUT2D eigenvalue weighted by molar-refractivity contribution is -0.129. The largest absolute Gasteiger partial charge is 0.345 e. The van der Waals surface area contributed by atoms with Gasteiger partial charge < -0.3 is 4.90 Å². The third-order valence-corrected chi connectivity index (χ3v) is 3.90. The molecule has 0 atom stereocenters. The van der Waals surface area contributed by atoms with Crippen molar-refractivity contribution in [2.24, 2.45) is 0 Å². The molecule has 106 valence electrons. The molecule has 1 rings (SSSR count). The van der Waals surface area contributed by atoms with Gasteiger partial charge in [0.15, 0.2) is 0 Å². The van der Waals surface area contributed by atoms with Crippen molar-refractivity contribution in [3.63, 3.8) is 0 Å². The first kappa shape index (κ1) is 16.6. The van der Waals surface area contributed by atoms with E-state index in [1.165, 1.54) is 0 Å². The van der Waals surface area contributed by atoms with Crippen LogP contribution in [0.1, 0.15) is 24.8 Å². The van der Waals surface area contributed by atoms with E-state index < -0.39 is 0 Å². The smallest absolute Gasteiger partial charge is 0.226 e. The number of carbonyl (C=O) groups is 1. The molecule has 0 bridgehead atoms. The minimum absolute atomic E-state index is 0.0873. The highest BCUT2D eigenvalue weighted by Gasteiger charge is 2.10. The summed E-state index contributed by atoms with van der Waals surface area (Å²) in [4.78, 5) is 13.7. The number of nitrogens with zero attached hydrogens (tertiary/aromatic N) is 1. The van der Waals surface area contributed by atoms with Gasteiger partial charge in [-0.3, -0.25) is 4.79 Å². The van der Waals surface area contributed by atoms with E-state index in [9.17, 15) is 4.79 Å². The average molecular weight is 323 g/mol. The predicted molar refractivity (Wildman–Crippen MR) is 82.4 cm³/mol. The van der Waals surface area contributed by atoms with Gasteiger partial charge in [-0.25, -0.2) is 0 Å². The number of unbranched alkanes of at least 4 members (excludes halogenated alkanes) is 2. The monoisotopic (exact) mass is 321 g/mol. The van der Waals surface area contributed by atoms with E-state index in [1.807, 2.05) is 13.1 Å². The highest BCUT2D eigenvalue weighted by Crippen LogP contribution is 2.22. The van der Waals surface area contributed by atoms with E-state index >= 15 is 0 Å². The Labute approximate surface area is 129 Å². The fourth-order valence-corrected chi connectivity index (χ4v) is 2.21. The van der Waals surface area contributed by atoms with Crippen molar-refractivity contribution in [2.75, 3.05) is 19.5 Å². The first-order valence-corrected chi connectivity index (χ1v) is 7.57. The van der Waals surface area contributed by atoms with Crippen LogP contribution in [0.15, 0.2) is 18.2 Å². The summed E-state index contributed by atoms with van der Waals surface area (Å²) < 4.78 is 0. The number of rotatable bonds is 7. The molecule has 1 aromatic carbocycles. The van der Waals surface area contributed by atoms with Crippen molar-refractivity contribution in [1.82, 2.24) is 4.90 Å². The topological polar surface area (TPSA) is 20.3 Å². The van der Waals surface area contributed by atoms with E-state index in [1.54, 1.807) is 17.0 Å². The van der Waals surface area contributed by atoms with E-state index in [-0.39, 0.29) is 5.91 Å². The molecule has 1 amide bonds. The normalized spacial score (nSPS) is 10.5. The second kappa shape index (κ2) is 8.68. The summed E-state index contributed by atoms with van der Waals surface area (Å²) in [5.74, 6) is 0.769. The second-order valence-electron chi connectivity index (χ2n) is 4.49. The van der Waals surface area contributed by atoms with Gasteiger partial charge in [0.1, 0.15) is 0 Å². The minimum Gasteiger partial charge on any atom is -0.345 e. The molecule has 0 saturated carbocycles. The average Bonchev–Trinajstić information content (AvgIpc) is 2.38. The highest BCUT2D eigenvalue weighted by molar-refractivity contribution is 6.42. The molecule has 0 aliphatic rings. The van der Waals surface area contributed by atoms with Crippen LogP contribution >= 0.6 is 34.8 Å². The first-order chi connectivity index (χ1) is 9.04. The zero-order chi connectivity index (χ0) is 14.3. The van der Waals surface area contributed by atoms with Crippen LogP contribution in [0.3, 0.4) is 0 Å². The SMILES string of the molecule is CN(CCCCCCl)C(=O)Cc1ccc(Cl)c(Cl)c1. The van der Waals surface area contributed by atoms with Crippen LogP contribution in [0.5, 0.6) is 0 Å². The van der Waals surface area contributed by atoms with Crippen LogP contribution in [0.2, 0.25) is 10.0 Å². The fourth-order valence-electron chi connectivity index (χ4n) is 1.70. The maximum atomic E-state index is 12.0. The summed E-state index contributed by atoms with van der Waals surface area (Å²) in [6.45, 7) is 0.761. The molecule has 0 spiro atoms. The molecule has 0 radical (unpaired) electrons. The molecular weight excluding hydrogens is 305 g/mol. The molecule has 0 fully saturated rings. The molecule has 0 unspecified atom stereocenters. The zero-order valence-electron chi connectivity index (χ0n) is 11.0. The van der Waals surface area contributed by atoms with Crippen LogP contribution in [0, 0.1) is 0 Å². The Morgan fingerprint density at radius 2 is 1.89 bits per heavy atom. The Balaban J connectivity index is 2.42. The number of carbonyl (C=O) groups excluding carboxylic acids is 1. The lowest BCUT2D eigenvalue weighted by atomic mass is 10.1. The molecule has 0 aromatic heterocycles. The third-order valence-electron chi connectivity index (χ3n) is 2.89. The Morgan fingerprint density at radius 3 is 2.53 bits per heavy atom. The second-order valence-corrected chi connectivity index (χ2v) is 5.68. The summed E-state index contributed by atoms with van der Waals surface area (Å²) in [5.41, 5.74) is 0.881. The van der Waals surface area contributed by atoms with Crippen molar-refractivity contribution in [1.29, 1.82) is 0 Å². The lowest BCUT2D eigenvalue weighted by Gasteiger charge is -2.17. The highest BCUT2D eigenvalue weighted by atomic mass is 35.5. The summed E-state index contributed by atoms with van der Waals surface area (Å²) in [6, 6.07) is 5.28. The Hall–Kier alpha value is -0.440. The lowest BCUT2D eigenvalue weighted by Crippen LogP contribution is -2.29. The molecule has 0 aliphatic carbocycles. The van der Waals surface area contributed by atoms with Gasteiger partial charge in [0.05, 0.1) is 16.5 Å². The molecule has 0 N–H and O–H groups in total. The predicted octanol–water partition coefficient (Wildman–Crippen LogP) is 4.40. The van der Waals surface area contributed by atoms with Gasteiger partial charge >= 0.3 is 0 Å². The zero-order valence-corrected chi connectivity index (χ0v) is 13.2. The van der Waals surface area contributed by atoms with E-state index in [0.717, 1.165) is 31.4 Å². The van der Waals surface area contributed by atoms with Crippen LogP contribution in [0.25, 0.3) is 0 Å². The summed E-state index contributed by atoms with van der Waals surface area (Å²) >= 11 is 17.4. The van der Waals surface area contributed by atoms with Gasteiger partial charge in [-0.2, -0.15) is 0 Å². The van der Waals surface area contributed by atoms with Crippen molar-refractivity contribution in [2.45, 2.75) is 25.7 Å². The third kappa shape index (κ3) is 6.03. The Kier molecular flexibility index (Phi) is 7.59. The molecule has 0 saturated heterocycles. The quantitative estimate of drug-likeness (QED) is 0.538. The molecule has 2 nitrogen and oxygen atoms in total. The number of benzene rings is 1. The van der Waals surface area contributed by atoms with E-state index in [4.69, 9.17) is 34.8 Å². The van der Waals surface area contributed by atoms with Crippen molar-refractivity contribution in [3.05, 3.63) is 33.8 Å². The summed E-state index contributed by atoms with van der Waals surface area (Å²) in [6.07, 6.45) is 3.38. The molecule has 1 aromatic rings. The van der Waals surface area contributed by atoms with Gasteiger partial charge in [-0.1, -0.05) is 35.7 Å². The van der Waals surface area contributed by atoms with Crippen LogP contribution in [-0.2, 0) is 11.2 Å². The van der Waals surface area contributed by atoms with E-state index in [0.29, 0.717) is 22.3 Å². The van der Waals surface area contributed by atoms with E-state index in [2.05, 4.69) is 0 Å². The number of amides is 1. The summed E-state index contributed by atoms with van der Waals surface area (Å²) in [7, 11) is 1.82. The van der Waals surface area contributed by atoms with Gasteiger partial charge in [0, 0.05) is 19.5 Å². The van der Waals surface area contributed by atoms with Crippen molar-refractivity contribution < 1.29 is 4.79 Å². The van der Waals surface area contributed by atoms with Gasteiger partial charge in [0.2, 0.25) is 5.91 Å². The Bertz CT molecular complexity index is 423. The van der Waals surface area contributed by atoms with Crippen LogP contribution < -0.4 is 0 Å². The minimum atomic E-state index is 0.0873. The molecule has 5 heteroatoms. The van der Waals surface area contributed by atoms with Gasteiger partial charge in [-0.05, 0) is 30.5 Å². The number of alkyl halides is 1. The molecule has 19 heavy (non-hydrogen) atoms. The molecule has 0 heterocycles. The number of halogens is 3. The van der Waals surface area contributed by atoms with Gasteiger partial charge in [0.25, 0.3) is 0 Å². The van der Waals surface area contributed by atoms with Crippen molar-refractivity contribution in [3.8, 4) is 0 Å². The van der Waals surface area contributed by atoms with Crippen LogP contribution in [0.4, 0.5) is 0 Å². The number of hydrogen-bond donors (Lipinski definition) is 0. The Morgan fingerprint density at radius 1 is 1.16 bits per heavy atom. The maximum Gasteiger partial charge on any atom is 0.226 e. The number of hydrogen-bond acceptors (Lipinski definition) is 1. The summed E-state index contributed by atoms with van der Waals surface area (Å²) in [5, 5.41) is 0.990. The van der Waals surface area contributed by atoms with Gasteiger partial charge in [-0.15, -0.1) is 11.6 Å². The first-order valence-electron chi connectivity index (χ1n) is 6.28. The fraction of sp³-hybridized carbons (Fsp3) is 0.500.